The number of carbonyl (C=O) groups excluding carboxylic acids is 1. The minimum absolute atomic E-state index is 0.0709. The van der Waals surface area contributed by atoms with E-state index >= 15 is 0 Å². The summed E-state index contributed by atoms with van der Waals surface area (Å²) in [6.45, 7) is 9.01. The van der Waals surface area contributed by atoms with Crippen molar-refractivity contribution < 1.29 is 14.3 Å². The zero-order valence-corrected chi connectivity index (χ0v) is 15.3. The van der Waals surface area contributed by atoms with Crippen LogP contribution < -0.4 is 14.8 Å². The first-order valence-electron chi connectivity index (χ1n) is 8.79. The Hall–Kier alpha value is -2.49. The number of benzene rings is 2. The summed E-state index contributed by atoms with van der Waals surface area (Å²) in [7, 11) is 0. The SMILES string of the molecule is CCOc1cc2c(cc1CNC(=O)c1cccc(C)c1C)O[C@H](C)C2. The van der Waals surface area contributed by atoms with E-state index in [1.54, 1.807) is 0 Å². The van der Waals surface area contributed by atoms with Crippen LogP contribution in [-0.4, -0.2) is 18.6 Å². The predicted molar refractivity (Wildman–Crippen MR) is 98.5 cm³/mol. The minimum Gasteiger partial charge on any atom is -0.494 e. The summed E-state index contributed by atoms with van der Waals surface area (Å²) in [5, 5.41) is 3.01. The standard InChI is InChI=1S/C21H25NO3/c1-5-24-19-10-16-9-14(3)25-20(16)11-17(19)12-22-21(23)18-8-6-7-13(2)15(18)4/h6-8,10-11,14H,5,9,12H2,1-4H3,(H,22,23)/t14-/m1/s1. The van der Waals surface area contributed by atoms with Crippen LogP contribution in [0, 0.1) is 13.8 Å². The van der Waals surface area contributed by atoms with Crippen molar-refractivity contribution in [3.05, 3.63) is 58.1 Å². The molecule has 4 nitrogen and oxygen atoms in total. The molecule has 1 aliphatic heterocycles. The van der Waals surface area contributed by atoms with Crippen LogP contribution in [0.15, 0.2) is 30.3 Å². The van der Waals surface area contributed by atoms with Crippen molar-refractivity contribution >= 4 is 5.91 Å². The maximum absolute atomic E-state index is 12.6. The van der Waals surface area contributed by atoms with E-state index in [0.717, 1.165) is 34.6 Å². The summed E-state index contributed by atoms with van der Waals surface area (Å²) in [6.07, 6.45) is 1.08. The number of amides is 1. The molecule has 0 spiro atoms. The van der Waals surface area contributed by atoms with Gasteiger partial charge in [0, 0.05) is 29.7 Å². The third-order valence-electron chi connectivity index (χ3n) is 4.67. The van der Waals surface area contributed by atoms with Gasteiger partial charge in [0.1, 0.15) is 17.6 Å². The molecule has 0 saturated heterocycles. The van der Waals surface area contributed by atoms with Crippen molar-refractivity contribution in [2.24, 2.45) is 0 Å². The van der Waals surface area contributed by atoms with E-state index in [0.29, 0.717) is 18.7 Å². The monoisotopic (exact) mass is 339 g/mol. The van der Waals surface area contributed by atoms with Crippen LogP contribution >= 0.6 is 0 Å². The fraction of sp³-hybridized carbons (Fsp3) is 0.381. The van der Waals surface area contributed by atoms with E-state index in [1.807, 2.05) is 51.1 Å². The van der Waals surface area contributed by atoms with Gasteiger partial charge in [0.25, 0.3) is 5.91 Å². The predicted octanol–water partition coefficient (Wildman–Crippen LogP) is 3.96. The lowest BCUT2D eigenvalue weighted by molar-refractivity contribution is 0.0950. The summed E-state index contributed by atoms with van der Waals surface area (Å²) in [5.74, 6) is 1.64. The van der Waals surface area contributed by atoms with Gasteiger partial charge in [-0.25, -0.2) is 0 Å². The molecule has 1 amide bonds. The highest BCUT2D eigenvalue weighted by Gasteiger charge is 2.22. The Morgan fingerprint density at radius 3 is 2.88 bits per heavy atom. The van der Waals surface area contributed by atoms with Crippen molar-refractivity contribution in [3.8, 4) is 11.5 Å². The topological polar surface area (TPSA) is 47.6 Å². The van der Waals surface area contributed by atoms with E-state index in [9.17, 15) is 4.79 Å². The first-order chi connectivity index (χ1) is 12.0. The van der Waals surface area contributed by atoms with E-state index in [1.165, 1.54) is 5.56 Å². The molecule has 0 fully saturated rings. The van der Waals surface area contributed by atoms with Gasteiger partial charge >= 0.3 is 0 Å². The molecule has 0 aromatic heterocycles. The number of ether oxygens (including phenoxy) is 2. The van der Waals surface area contributed by atoms with Gasteiger partial charge in [-0.05, 0) is 57.0 Å². The van der Waals surface area contributed by atoms with Crippen LogP contribution in [0.1, 0.15) is 46.5 Å². The maximum atomic E-state index is 12.6. The van der Waals surface area contributed by atoms with Gasteiger partial charge in [-0.2, -0.15) is 0 Å². The van der Waals surface area contributed by atoms with Crippen LogP contribution in [-0.2, 0) is 13.0 Å². The minimum atomic E-state index is -0.0709. The molecule has 1 heterocycles. The molecule has 0 bridgehead atoms. The van der Waals surface area contributed by atoms with Gasteiger partial charge in [0.2, 0.25) is 0 Å². The second-order valence-electron chi connectivity index (χ2n) is 6.56. The lowest BCUT2D eigenvalue weighted by Gasteiger charge is -2.14. The number of aryl methyl sites for hydroxylation is 1. The summed E-state index contributed by atoms with van der Waals surface area (Å²) in [6, 6.07) is 9.81. The molecule has 25 heavy (non-hydrogen) atoms. The Morgan fingerprint density at radius 2 is 2.12 bits per heavy atom. The van der Waals surface area contributed by atoms with Gasteiger partial charge in [-0.1, -0.05) is 12.1 Å². The number of nitrogens with one attached hydrogen (secondary N) is 1. The number of hydrogen-bond donors (Lipinski definition) is 1. The van der Waals surface area contributed by atoms with Crippen molar-refractivity contribution in [2.75, 3.05) is 6.61 Å². The highest BCUT2D eigenvalue weighted by molar-refractivity contribution is 5.95. The van der Waals surface area contributed by atoms with Crippen LogP contribution in [0.2, 0.25) is 0 Å². The lowest BCUT2D eigenvalue weighted by atomic mass is 10.0. The summed E-state index contributed by atoms with van der Waals surface area (Å²) < 4.78 is 11.6. The highest BCUT2D eigenvalue weighted by Crippen LogP contribution is 2.35. The molecule has 132 valence electrons. The second kappa shape index (κ2) is 7.18. The van der Waals surface area contributed by atoms with Crippen LogP contribution in [0.25, 0.3) is 0 Å². The smallest absolute Gasteiger partial charge is 0.251 e. The fourth-order valence-electron chi connectivity index (χ4n) is 3.18. The van der Waals surface area contributed by atoms with E-state index in [4.69, 9.17) is 9.47 Å². The molecule has 2 aromatic rings. The van der Waals surface area contributed by atoms with Crippen LogP contribution in [0.3, 0.4) is 0 Å². The Kier molecular flexibility index (Phi) is 4.98. The molecule has 0 aliphatic carbocycles. The highest BCUT2D eigenvalue weighted by atomic mass is 16.5. The fourth-order valence-corrected chi connectivity index (χ4v) is 3.18. The molecular formula is C21H25NO3. The molecule has 0 unspecified atom stereocenters. The summed E-state index contributed by atoms with van der Waals surface area (Å²) >= 11 is 0. The molecule has 0 radical (unpaired) electrons. The number of hydrogen-bond acceptors (Lipinski definition) is 3. The Bertz CT molecular complexity index is 798. The molecule has 1 atom stereocenters. The molecule has 1 aliphatic rings. The summed E-state index contributed by atoms with van der Waals surface area (Å²) in [5.41, 5.74) is 4.94. The number of carbonyl (C=O) groups is 1. The molecule has 0 saturated carbocycles. The van der Waals surface area contributed by atoms with Gasteiger partial charge < -0.3 is 14.8 Å². The molecule has 3 rings (SSSR count). The molecule has 2 aromatic carbocycles. The lowest BCUT2D eigenvalue weighted by Crippen LogP contribution is -2.24. The van der Waals surface area contributed by atoms with Gasteiger partial charge in [0.15, 0.2) is 0 Å². The van der Waals surface area contributed by atoms with Gasteiger partial charge in [-0.3, -0.25) is 4.79 Å². The molecule has 4 heteroatoms. The average Bonchev–Trinajstić information content (AvgIpc) is 2.94. The van der Waals surface area contributed by atoms with E-state index in [2.05, 4.69) is 12.2 Å². The zero-order chi connectivity index (χ0) is 18.0. The van der Waals surface area contributed by atoms with Gasteiger partial charge in [0.05, 0.1) is 6.61 Å². The van der Waals surface area contributed by atoms with Crippen LogP contribution in [0.5, 0.6) is 11.5 Å². The van der Waals surface area contributed by atoms with E-state index in [-0.39, 0.29) is 12.0 Å². The largest absolute Gasteiger partial charge is 0.494 e. The third-order valence-corrected chi connectivity index (χ3v) is 4.67. The normalized spacial score (nSPS) is 15.4. The summed E-state index contributed by atoms with van der Waals surface area (Å²) in [4.78, 5) is 12.6. The first kappa shape index (κ1) is 17.3. The van der Waals surface area contributed by atoms with Crippen LogP contribution in [0.4, 0.5) is 0 Å². The second-order valence-corrected chi connectivity index (χ2v) is 6.56. The number of rotatable bonds is 5. The Morgan fingerprint density at radius 1 is 1.32 bits per heavy atom. The quantitative estimate of drug-likeness (QED) is 0.897. The van der Waals surface area contributed by atoms with Crippen molar-refractivity contribution in [3.63, 3.8) is 0 Å². The maximum Gasteiger partial charge on any atom is 0.251 e. The zero-order valence-electron chi connectivity index (χ0n) is 15.3. The van der Waals surface area contributed by atoms with Crippen molar-refractivity contribution in [1.82, 2.24) is 5.32 Å². The molecular weight excluding hydrogens is 314 g/mol. The Labute approximate surface area is 149 Å². The molecule has 1 N–H and O–H groups in total. The van der Waals surface area contributed by atoms with Crippen molar-refractivity contribution in [1.29, 1.82) is 0 Å². The first-order valence-corrected chi connectivity index (χ1v) is 8.79. The Balaban J connectivity index is 1.79. The van der Waals surface area contributed by atoms with Crippen molar-refractivity contribution in [2.45, 2.75) is 46.8 Å². The van der Waals surface area contributed by atoms with E-state index < -0.39 is 0 Å². The average molecular weight is 339 g/mol. The number of fused-ring (bicyclic) bond motifs is 1. The van der Waals surface area contributed by atoms with Gasteiger partial charge in [-0.15, -0.1) is 0 Å². The third kappa shape index (κ3) is 3.63.